The summed E-state index contributed by atoms with van der Waals surface area (Å²) < 4.78 is 14.1. The van der Waals surface area contributed by atoms with Crippen molar-refractivity contribution in [2.75, 3.05) is 0 Å². The highest BCUT2D eigenvalue weighted by molar-refractivity contribution is 9.10. The van der Waals surface area contributed by atoms with Gasteiger partial charge in [-0.05, 0) is 30.7 Å². The molecule has 0 aliphatic rings. The van der Waals surface area contributed by atoms with E-state index < -0.39 is 0 Å². The van der Waals surface area contributed by atoms with Crippen molar-refractivity contribution in [1.82, 2.24) is 0 Å². The van der Waals surface area contributed by atoms with Crippen LogP contribution in [0.15, 0.2) is 22.7 Å². The van der Waals surface area contributed by atoms with Gasteiger partial charge in [-0.1, -0.05) is 15.9 Å². The molecule has 1 atom stereocenters. The van der Waals surface area contributed by atoms with Crippen LogP contribution in [0.1, 0.15) is 12.5 Å². The summed E-state index contributed by atoms with van der Waals surface area (Å²) in [6.45, 7) is 1.71. The van der Waals surface area contributed by atoms with E-state index in [9.17, 15) is 9.18 Å². The van der Waals surface area contributed by atoms with Crippen molar-refractivity contribution in [3.05, 3.63) is 34.1 Å². The summed E-state index contributed by atoms with van der Waals surface area (Å²) >= 11 is 4.59. The lowest BCUT2D eigenvalue weighted by Crippen LogP contribution is -2.22. The fraction of sp³-hybridized carbons (Fsp3) is 0.300. The Bertz CT molecular complexity index is 372. The zero-order valence-electron chi connectivity index (χ0n) is 8.17. The summed E-state index contributed by atoms with van der Waals surface area (Å²) in [5, 5.41) is -0.302. The molecule has 0 spiro atoms. The minimum atomic E-state index is -0.379. The fourth-order valence-electron chi connectivity index (χ4n) is 0.951. The highest BCUT2D eigenvalue weighted by atomic mass is 79.9. The zero-order chi connectivity index (χ0) is 11.4. The van der Waals surface area contributed by atoms with E-state index in [1.807, 2.05) is 0 Å². The minimum absolute atomic E-state index is 0.262. The highest BCUT2D eigenvalue weighted by Crippen LogP contribution is 2.22. The van der Waals surface area contributed by atoms with Crippen molar-refractivity contribution in [2.45, 2.75) is 17.9 Å². The third kappa shape index (κ3) is 3.83. The molecule has 1 aromatic rings. The molecule has 15 heavy (non-hydrogen) atoms. The van der Waals surface area contributed by atoms with Crippen molar-refractivity contribution >= 4 is 33.6 Å². The van der Waals surface area contributed by atoms with E-state index in [0.717, 1.165) is 4.47 Å². The van der Waals surface area contributed by atoms with Crippen molar-refractivity contribution in [2.24, 2.45) is 5.73 Å². The smallest absolute Gasteiger partial charge is 0.230 e. The van der Waals surface area contributed by atoms with Gasteiger partial charge < -0.3 is 5.73 Å². The Balaban J connectivity index is 2.65. The quantitative estimate of drug-likeness (QED) is 0.927. The molecule has 1 unspecified atom stereocenters. The number of carbonyl (C=O) groups is 1. The number of primary amides is 1. The molecule has 1 aromatic carbocycles. The zero-order valence-corrected chi connectivity index (χ0v) is 10.6. The Morgan fingerprint density at radius 1 is 1.67 bits per heavy atom. The van der Waals surface area contributed by atoms with Gasteiger partial charge in [0.2, 0.25) is 5.91 Å². The molecule has 2 nitrogen and oxygen atoms in total. The number of halogens is 2. The predicted molar refractivity (Wildman–Crippen MR) is 64.1 cm³/mol. The van der Waals surface area contributed by atoms with Crippen LogP contribution in [0, 0.1) is 5.82 Å². The van der Waals surface area contributed by atoms with Gasteiger partial charge in [0.05, 0.1) is 5.25 Å². The number of nitrogens with two attached hydrogens (primary N) is 1. The number of hydrogen-bond donors (Lipinski definition) is 1. The normalized spacial score (nSPS) is 12.5. The summed E-state index contributed by atoms with van der Waals surface area (Å²) in [6, 6.07) is 4.74. The van der Waals surface area contributed by atoms with Crippen molar-refractivity contribution in [3.8, 4) is 0 Å². The van der Waals surface area contributed by atoms with Crippen LogP contribution < -0.4 is 5.73 Å². The third-order valence-corrected chi connectivity index (χ3v) is 3.60. The third-order valence-electron chi connectivity index (χ3n) is 1.90. The fourth-order valence-corrected chi connectivity index (χ4v) is 2.17. The number of rotatable bonds is 4. The van der Waals surface area contributed by atoms with Crippen LogP contribution in [0.5, 0.6) is 0 Å². The molecule has 82 valence electrons. The lowest BCUT2D eigenvalue weighted by atomic mass is 10.2. The second-order valence-electron chi connectivity index (χ2n) is 3.09. The second-order valence-corrected chi connectivity index (χ2v) is 5.34. The molecule has 0 bridgehead atoms. The molecule has 0 aliphatic carbocycles. The maximum absolute atomic E-state index is 13.3. The van der Waals surface area contributed by atoms with E-state index in [2.05, 4.69) is 15.9 Å². The number of hydrogen-bond acceptors (Lipinski definition) is 2. The average Bonchev–Trinajstić information content (AvgIpc) is 2.18. The molecule has 0 aliphatic heterocycles. The highest BCUT2D eigenvalue weighted by Gasteiger charge is 2.10. The molecule has 1 amide bonds. The maximum Gasteiger partial charge on any atom is 0.230 e. The van der Waals surface area contributed by atoms with Gasteiger partial charge in [-0.25, -0.2) is 4.39 Å². The van der Waals surface area contributed by atoms with Crippen molar-refractivity contribution < 1.29 is 9.18 Å². The molecule has 5 heteroatoms. The van der Waals surface area contributed by atoms with Crippen molar-refractivity contribution in [3.63, 3.8) is 0 Å². The average molecular weight is 292 g/mol. The molecule has 0 heterocycles. The van der Waals surface area contributed by atoms with Gasteiger partial charge >= 0.3 is 0 Å². The summed E-state index contributed by atoms with van der Waals surface area (Å²) in [5.74, 6) is -0.201. The topological polar surface area (TPSA) is 43.1 Å². The molecule has 2 N–H and O–H groups in total. The molecule has 0 saturated carbocycles. The van der Waals surface area contributed by atoms with Crippen LogP contribution >= 0.6 is 27.7 Å². The summed E-state index contributed by atoms with van der Waals surface area (Å²) in [4.78, 5) is 10.8. The van der Waals surface area contributed by atoms with E-state index in [0.29, 0.717) is 11.3 Å². The summed E-state index contributed by atoms with van der Waals surface area (Å²) in [5.41, 5.74) is 5.68. The number of thioether (sulfide) groups is 1. The van der Waals surface area contributed by atoms with E-state index in [1.54, 1.807) is 19.1 Å². The largest absolute Gasteiger partial charge is 0.369 e. The van der Waals surface area contributed by atoms with Crippen LogP contribution in [0.4, 0.5) is 4.39 Å². The lowest BCUT2D eigenvalue weighted by molar-refractivity contribution is -0.117. The standard InChI is InChI=1S/C10H11BrFNOS/c1-6(10(13)14)15-5-7-4-8(11)2-3-9(7)12/h2-4,6H,5H2,1H3,(H2,13,14). The van der Waals surface area contributed by atoms with Crippen LogP contribution in [-0.2, 0) is 10.5 Å². The van der Waals surface area contributed by atoms with Gasteiger partial charge in [0, 0.05) is 10.2 Å². The van der Waals surface area contributed by atoms with Gasteiger partial charge in [0.1, 0.15) is 5.82 Å². The number of carbonyl (C=O) groups excluding carboxylic acids is 1. The first kappa shape index (κ1) is 12.5. The second kappa shape index (κ2) is 5.51. The van der Waals surface area contributed by atoms with Crippen LogP contribution in [0.2, 0.25) is 0 Å². The van der Waals surface area contributed by atoms with E-state index in [1.165, 1.54) is 17.8 Å². The van der Waals surface area contributed by atoms with E-state index >= 15 is 0 Å². The van der Waals surface area contributed by atoms with Gasteiger partial charge in [-0.15, -0.1) is 11.8 Å². The Labute approximate surface area is 101 Å². The molecule has 0 radical (unpaired) electrons. The molecule has 0 saturated heterocycles. The molecular formula is C10H11BrFNOS. The Kier molecular flexibility index (Phi) is 4.60. The molecule has 0 fully saturated rings. The monoisotopic (exact) mass is 291 g/mol. The summed E-state index contributed by atoms with van der Waals surface area (Å²) in [6.07, 6.45) is 0. The Morgan fingerprint density at radius 2 is 2.33 bits per heavy atom. The molecule has 0 aromatic heterocycles. The van der Waals surface area contributed by atoms with Crippen LogP contribution in [0.3, 0.4) is 0 Å². The Morgan fingerprint density at radius 3 is 2.93 bits per heavy atom. The van der Waals surface area contributed by atoms with Gasteiger partial charge in [-0.2, -0.15) is 0 Å². The first-order valence-corrected chi connectivity index (χ1v) is 6.19. The van der Waals surface area contributed by atoms with Crippen molar-refractivity contribution in [1.29, 1.82) is 0 Å². The van der Waals surface area contributed by atoms with E-state index in [4.69, 9.17) is 5.73 Å². The molecule has 1 rings (SSSR count). The summed E-state index contributed by atoms with van der Waals surface area (Å²) in [7, 11) is 0. The number of amides is 1. The Hall–Kier alpha value is -0.550. The van der Waals surface area contributed by atoms with E-state index in [-0.39, 0.29) is 17.0 Å². The maximum atomic E-state index is 13.3. The van der Waals surface area contributed by atoms with Crippen LogP contribution in [-0.4, -0.2) is 11.2 Å². The van der Waals surface area contributed by atoms with Gasteiger partial charge in [0.25, 0.3) is 0 Å². The first-order valence-electron chi connectivity index (χ1n) is 4.35. The minimum Gasteiger partial charge on any atom is -0.369 e. The first-order chi connectivity index (χ1) is 7.00. The van der Waals surface area contributed by atoms with Gasteiger partial charge in [-0.3, -0.25) is 4.79 Å². The SMILES string of the molecule is CC(SCc1cc(Br)ccc1F)C(N)=O. The lowest BCUT2D eigenvalue weighted by Gasteiger charge is -2.07. The predicted octanol–water partition coefficient (Wildman–Crippen LogP) is 2.70. The number of benzene rings is 1. The molecular weight excluding hydrogens is 281 g/mol. The van der Waals surface area contributed by atoms with Crippen LogP contribution in [0.25, 0.3) is 0 Å². The van der Waals surface area contributed by atoms with Gasteiger partial charge in [0.15, 0.2) is 0 Å².